The van der Waals surface area contributed by atoms with Gasteiger partial charge < -0.3 is 9.05 Å². The lowest BCUT2D eigenvalue weighted by atomic mass is 10.2. The molecule has 0 atom stereocenters. The van der Waals surface area contributed by atoms with Gasteiger partial charge in [0.1, 0.15) is 0 Å². The van der Waals surface area contributed by atoms with Crippen molar-refractivity contribution in [3.05, 3.63) is 66.6 Å². The molecule has 0 N–H and O–H groups in total. The van der Waals surface area contributed by atoms with E-state index in [0.29, 0.717) is 0 Å². The highest BCUT2D eigenvalue weighted by Crippen LogP contribution is 2.15. The van der Waals surface area contributed by atoms with Crippen molar-refractivity contribution in [3.8, 4) is 0 Å². The summed E-state index contributed by atoms with van der Waals surface area (Å²) in [6.07, 6.45) is 8.91. The number of nitrogens with zero attached hydrogens (tertiary/aromatic N) is 3. The summed E-state index contributed by atoms with van der Waals surface area (Å²) in [5.41, 5.74) is 2.72. The summed E-state index contributed by atoms with van der Waals surface area (Å²) in [5, 5.41) is 1.32. The van der Waals surface area contributed by atoms with E-state index in [4.69, 9.17) is 0 Å². The molecule has 0 unspecified atom stereocenters. The van der Waals surface area contributed by atoms with Gasteiger partial charge in [-0.05, 0) is 29.5 Å². The zero-order valence-corrected chi connectivity index (χ0v) is 15.2. The number of hydrogen-bond donors (Lipinski definition) is 0. The molecule has 0 saturated heterocycles. The summed E-state index contributed by atoms with van der Waals surface area (Å²) < 4.78 is 5.67. The molecule has 0 bridgehead atoms. The molecule has 0 spiro atoms. The van der Waals surface area contributed by atoms with Gasteiger partial charge >= 0.3 is 0 Å². The standard InChI is InChI=1S/C21H29N3/c1-24(2,3)18-6-13-22-14-9-19(10-15-22)11-16-23-17-12-20-7-4-5-8-21(20)23/h4-5,7-10,12,14-15,17H,6,11,13,16,18H2,1-3H3/q+2. The van der Waals surface area contributed by atoms with Gasteiger partial charge in [-0.15, -0.1) is 0 Å². The first-order valence-corrected chi connectivity index (χ1v) is 8.84. The lowest BCUT2D eigenvalue weighted by molar-refractivity contribution is -0.873. The van der Waals surface area contributed by atoms with Crippen LogP contribution >= 0.6 is 0 Å². The van der Waals surface area contributed by atoms with Crippen LogP contribution in [0.3, 0.4) is 0 Å². The maximum Gasteiger partial charge on any atom is 0.169 e. The van der Waals surface area contributed by atoms with Gasteiger partial charge in [-0.25, -0.2) is 4.57 Å². The number of fused-ring (bicyclic) bond motifs is 1. The Bertz CT molecular complexity index is 779. The average Bonchev–Trinajstić information content (AvgIpc) is 2.96. The molecule has 1 aromatic carbocycles. The number of hydrogen-bond acceptors (Lipinski definition) is 0. The topological polar surface area (TPSA) is 8.81 Å². The van der Waals surface area contributed by atoms with E-state index in [1.807, 2.05) is 0 Å². The zero-order valence-electron chi connectivity index (χ0n) is 15.2. The minimum atomic E-state index is 1.03. The second-order valence-electron chi connectivity index (χ2n) is 7.63. The molecule has 0 saturated carbocycles. The Morgan fingerprint density at radius 2 is 1.71 bits per heavy atom. The lowest BCUT2D eigenvalue weighted by Crippen LogP contribution is -2.39. The average molecular weight is 323 g/mol. The Morgan fingerprint density at radius 1 is 0.958 bits per heavy atom. The van der Waals surface area contributed by atoms with Crippen LogP contribution in [0.4, 0.5) is 0 Å². The Balaban J connectivity index is 1.54. The summed E-state index contributed by atoms with van der Waals surface area (Å²) in [5.74, 6) is 0. The van der Waals surface area contributed by atoms with Gasteiger partial charge in [-0.2, -0.15) is 0 Å². The maximum absolute atomic E-state index is 2.34. The van der Waals surface area contributed by atoms with E-state index in [2.05, 4.69) is 91.3 Å². The van der Waals surface area contributed by atoms with E-state index in [1.165, 1.54) is 29.4 Å². The second-order valence-corrected chi connectivity index (χ2v) is 7.63. The fraction of sp³-hybridized carbons (Fsp3) is 0.381. The molecule has 3 nitrogen and oxygen atoms in total. The van der Waals surface area contributed by atoms with Crippen LogP contribution in [0.2, 0.25) is 0 Å². The monoisotopic (exact) mass is 323 g/mol. The Hall–Kier alpha value is -2.13. The van der Waals surface area contributed by atoms with Crippen LogP contribution in [-0.2, 0) is 19.5 Å². The molecule has 0 aliphatic rings. The highest BCUT2D eigenvalue weighted by atomic mass is 15.3. The molecule has 0 aliphatic heterocycles. The summed E-state index contributed by atoms with van der Waals surface area (Å²) in [6.45, 7) is 3.33. The third kappa shape index (κ3) is 4.45. The summed E-state index contributed by atoms with van der Waals surface area (Å²) in [4.78, 5) is 0. The van der Waals surface area contributed by atoms with Gasteiger partial charge in [0.25, 0.3) is 0 Å². The van der Waals surface area contributed by atoms with Crippen molar-refractivity contribution in [2.75, 3.05) is 27.7 Å². The molecule has 3 aromatic rings. The van der Waals surface area contributed by atoms with Crippen molar-refractivity contribution in [1.29, 1.82) is 0 Å². The van der Waals surface area contributed by atoms with Crippen LogP contribution in [-0.4, -0.2) is 36.7 Å². The molecule has 0 radical (unpaired) electrons. The SMILES string of the molecule is C[N+](C)(C)CCC[n+]1ccc(CCn2ccc3ccccc32)cc1. The third-order valence-electron chi connectivity index (χ3n) is 4.53. The van der Waals surface area contributed by atoms with Crippen molar-refractivity contribution >= 4 is 10.9 Å². The minimum absolute atomic E-state index is 1.03. The first-order valence-electron chi connectivity index (χ1n) is 8.84. The second kappa shape index (κ2) is 7.18. The van der Waals surface area contributed by atoms with Crippen molar-refractivity contribution < 1.29 is 9.05 Å². The minimum Gasteiger partial charge on any atom is -0.347 e. The van der Waals surface area contributed by atoms with Gasteiger partial charge in [0.15, 0.2) is 18.9 Å². The van der Waals surface area contributed by atoms with E-state index in [1.54, 1.807) is 0 Å². The van der Waals surface area contributed by atoms with Gasteiger partial charge in [-0.3, -0.25) is 0 Å². The van der Waals surface area contributed by atoms with Crippen molar-refractivity contribution in [2.24, 2.45) is 0 Å². The fourth-order valence-electron chi connectivity index (χ4n) is 3.12. The summed E-state index contributed by atoms with van der Waals surface area (Å²) >= 11 is 0. The number of quaternary nitrogens is 1. The molecule has 3 heteroatoms. The van der Waals surface area contributed by atoms with Crippen molar-refractivity contribution in [1.82, 2.24) is 4.57 Å². The molecule has 0 amide bonds. The molecule has 126 valence electrons. The Labute approximate surface area is 145 Å². The molecule has 24 heavy (non-hydrogen) atoms. The number of pyridine rings is 1. The molecular formula is C21H29N3+2. The number of benzene rings is 1. The summed E-state index contributed by atoms with van der Waals surface area (Å²) in [6, 6.07) is 15.3. The highest BCUT2D eigenvalue weighted by Gasteiger charge is 2.09. The fourth-order valence-corrected chi connectivity index (χ4v) is 3.12. The van der Waals surface area contributed by atoms with E-state index in [9.17, 15) is 0 Å². The molecular weight excluding hydrogens is 294 g/mol. The normalized spacial score (nSPS) is 12.0. The van der Waals surface area contributed by atoms with Crippen molar-refractivity contribution in [3.63, 3.8) is 0 Å². The Morgan fingerprint density at radius 3 is 2.46 bits per heavy atom. The summed E-state index contributed by atoms with van der Waals surface area (Å²) in [7, 11) is 6.75. The molecule has 3 rings (SSSR count). The number of rotatable bonds is 7. The molecule has 0 fully saturated rings. The van der Waals surface area contributed by atoms with Gasteiger partial charge in [-0.1, -0.05) is 18.2 Å². The van der Waals surface area contributed by atoms with E-state index in [0.717, 1.165) is 24.0 Å². The van der Waals surface area contributed by atoms with Crippen LogP contribution in [0.25, 0.3) is 10.9 Å². The van der Waals surface area contributed by atoms with Gasteiger partial charge in [0.05, 0.1) is 34.1 Å². The van der Waals surface area contributed by atoms with Crippen LogP contribution in [0.15, 0.2) is 61.1 Å². The maximum atomic E-state index is 2.34. The van der Waals surface area contributed by atoms with Crippen LogP contribution in [0, 0.1) is 0 Å². The van der Waals surface area contributed by atoms with Crippen LogP contribution in [0.5, 0.6) is 0 Å². The predicted molar refractivity (Wildman–Crippen MR) is 99.8 cm³/mol. The molecule has 0 aliphatic carbocycles. The smallest absolute Gasteiger partial charge is 0.169 e. The number of para-hydroxylation sites is 1. The van der Waals surface area contributed by atoms with Crippen LogP contribution < -0.4 is 4.57 Å². The zero-order chi connectivity index (χ0) is 17.0. The lowest BCUT2D eigenvalue weighted by Gasteiger charge is -2.22. The number of aromatic nitrogens is 2. The largest absolute Gasteiger partial charge is 0.347 e. The highest BCUT2D eigenvalue weighted by molar-refractivity contribution is 5.79. The third-order valence-corrected chi connectivity index (χ3v) is 4.53. The van der Waals surface area contributed by atoms with E-state index in [-0.39, 0.29) is 0 Å². The van der Waals surface area contributed by atoms with Crippen molar-refractivity contribution in [2.45, 2.75) is 25.9 Å². The first-order chi connectivity index (χ1) is 11.5. The predicted octanol–water partition coefficient (Wildman–Crippen LogP) is 3.27. The van der Waals surface area contributed by atoms with E-state index >= 15 is 0 Å². The Kier molecular flexibility index (Phi) is 5.00. The van der Waals surface area contributed by atoms with Crippen LogP contribution in [0.1, 0.15) is 12.0 Å². The first kappa shape index (κ1) is 16.7. The quantitative estimate of drug-likeness (QED) is 0.466. The molecule has 2 aromatic heterocycles. The van der Waals surface area contributed by atoms with Gasteiger partial charge in [0, 0.05) is 30.4 Å². The number of aryl methyl sites for hydroxylation is 3. The van der Waals surface area contributed by atoms with E-state index < -0.39 is 0 Å². The van der Waals surface area contributed by atoms with Gasteiger partial charge in [0.2, 0.25) is 0 Å². The molecule has 2 heterocycles.